The number of rotatable bonds is 19. The first-order chi connectivity index (χ1) is 34.3. The van der Waals surface area contributed by atoms with Gasteiger partial charge in [-0.05, 0) is 93.5 Å². The molecule has 2 aromatic rings. The lowest BCUT2D eigenvalue weighted by atomic mass is 10.1. The minimum Gasteiger partial charge on any atom is -0.479 e. The number of sulfone groups is 2. The number of ether oxygens (including phenoxy) is 6. The van der Waals surface area contributed by atoms with Crippen LogP contribution in [0.1, 0.15) is 119 Å². The zero-order valence-corrected chi connectivity index (χ0v) is 47.6. The molecule has 10 atom stereocenters. The van der Waals surface area contributed by atoms with E-state index in [1.165, 1.54) is 32.9 Å². The predicted molar refractivity (Wildman–Crippen MR) is 263 cm³/mol. The Morgan fingerprint density at radius 2 is 0.920 bits per heavy atom. The van der Waals surface area contributed by atoms with E-state index in [0.29, 0.717) is 42.0 Å². The molecule has 0 aliphatic carbocycles. The number of primary sulfonamides is 1. The molecule has 0 fully saturated rings. The average molecular weight is 1180 g/mol. The normalized spacial score (nSPS) is 20.7. The van der Waals surface area contributed by atoms with Crippen molar-refractivity contribution in [1.82, 2.24) is 15.4 Å². The number of amides is 1. The quantitative estimate of drug-likeness (QED) is 0.0970. The molecule has 0 saturated carbocycles. The number of fused-ring (bicyclic) bond motifs is 2. The number of carbonyl (C=O) groups is 8. The molecule has 0 unspecified atom stereocenters. The first-order valence-electron chi connectivity index (χ1n) is 22.5. The first kappa shape index (κ1) is 66.0. The van der Waals surface area contributed by atoms with Crippen LogP contribution >= 0.6 is 22.7 Å². The number of carbonyl (C=O) groups excluding carboxylic acids is 7. The summed E-state index contributed by atoms with van der Waals surface area (Å²) in [6.45, 7) is 17.5. The van der Waals surface area contributed by atoms with E-state index in [1.54, 1.807) is 18.6 Å². The van der Waals surface area contributed by atoms with E-state index in [2.05, 4.69) is 29.6 Å². The summed E-state index contributed by atoms with van der Waals surface area (Å²) in [5.74, 6) is -8.03. The van der Waals surface area contributed by atoms with Crippen molar-refractivity contribution in [1.29, 1.82) is 0 Å². The Morgan fingerprint density at radius 3 is 1.25 bits per heavy atom. The summed E-state index contributed by atoms with van der Waals surface area (Å²) in [6, 6.07) is 2.08. The summed E-state index contributed by atoms with van der Waals surface area (Å²) < 4.78 is 128. The van der Waals surface area contributed by atoms with Crippen molar-refractivity contribution < 1.29 is 106 Å². The van der Waals surface area contributed by atoms with Gasteiger partial charge in [0, 0.05) is 37.1 Å². The van der Waals surface area contributed by atoms with E-state index in [1.807, 2.05) is 13.8 Å². The fourth-order valence-electron chi connectivity index (χ4n) is 6.49. The van der Waals surface area contributed by atoms with Gasteiger partial charge in [-0.2, -0.15) is 0 Å². The SMILES string of the molecule is CC(=O)O[C@@H](C)C(=O)O[C@H](C)C(=O)O[C@H](C)C(=O)O.CCN[C@H]1C[C@H](C)S(=O)(=O)c2sc(S(=O)(=O)NC(=O)[C@H](C)OC(=O)[C@H](C)OC(=O)[C@H](C)OC(C)=O)cc21.CCN[C@H]1C[C@H](C)S(=O)(=O)c2sc(S(N)(=O)=O)cc21. The Kier molecular flexibility index (Phi) is 24.0. The smallest absolute Gasteiger partial charge is 0.347 e. The highest BCUT2D eigenvalue weighted by molar-refractivity contribution is 7.96. The first-order valence-corrected chi connectivity index (χ1v) is 30.3. The Labute approximate surface area is 442 Å². The van der Waals surface area contributed by atoms with E-state index in [-0.39, 0.29) is 35.3 Å². The number of hydrogen-bond donors (Lipinski definition) is 5. The van der Waals surface area contributed by atoms with Gasteiger partial charge in [0.05, 0.1) is 10.5 Å². The van der Waals surface area contributed by atoms with Crippen LogP contribution in [0.25, 0.3) is 0 Å². The van der Waals surface area contributed by atoms with Crippen LogP contribution in [0.15, 0.2) is 29.0 Å². The van der Waals surface area contributed by atoms with Gasteiger partial charge in [-0.15, -0.1) is 22.7 Å². The molecule has 424 valence electrons. The number of esters is 6. The molecule has 0 bridgehead atoms. The van der Waals surface area contributed by atoms with Crippen molar-refractivity contribution in [2.45, 2.75) is 172 Å². The van der Waals surface area contributed by atoms with Crippen molar-refractivity contribution in [3.63, 3.8) is 0 Å². The fraction of sp³-hybridized carbons (Fsp3) is 0.619. The van der Waals surface area contributed by atoms with Crippen molar-refractivity contribution >= 4 is 110 Å². The van der Waals surface area contributed by atoms with E-state index >= 15 is 0 Å². The number of carboxylic acids is 1. The number of hydrogen-bond acceptors (Lipinski definition) is 26. The molecule has 0 aromatic carbocycles. The third-order valence-corrected chi connectivity index (χ3v) is 21.5. The zero-order chi connectivity index (χ0) is 57.9. The lowest BCUT2D eigenvalue weighted by Crippen LogP contribution is -2.41. The molecule has 0 saturated heterocycles. The standard InChI is InChI=1S/C21H30N2O11S3.C11H16O8.C10H16N2O4S3/c1-7-22-16-8-10(2)36(28,29)21-15(16)9-17(35-21)37(30,31)23-18(25)11(3)33-20(27)13(5)34-19(26)12(4)32-14(6)24;1-5(9(13)14)18-11(16)7(3)19-10(15)6(2)17-8(4)12;1-3-12-8-4-6(2)18(13,14)10-7(8)5-9(17-10)19(11,15)16/h9-13,16,22H,7-8H2,1-6H3,(H,23,25);5-7H,1-4H3,(H,13,14);5-6,8,12H,3-4H2,1-2H3,(H2,11,15,16)/t10-,11-,12-,13-,16-;5-,6+,7-;6-,8-/m010/s1. The molecule has 2 aliphatic heterocycles. The lowest BCUT2D eigenvalue weighted by molar-refractivity contribution is -0.180. The van der Waals surface area contributed by atoms with Crippen LogP contribution in [0.5, 0.6) is 0 Å². The van der Waals surface area contributed by atoms with Gasteiger partial charge < -0.3 is 44.2 Å². The van der Waals surface area contributed by atoms with E-state index in [4.69, 9.17) is 19.7 Å². The van der Waals surface area contributed by atoms with Gasteiger partial charge >= 0.3 is 41.8 Å². The number of thiophene rings is 2. The number of carboxylic acid groups (broad SMARTS) is 1. The van der Waals surface area contributed by atoms with E-state index < -0.39 is 135 Å². The molecule has 75 heavy (non-hydrogen) atoms. The maximum absolute atomic E-state index is 12.9. The van der Waals surface area contributed by atoms with Crippen LogP contribution in [0.4, 0.5) is 0 Å². The number of aliphatic carboxylic acids is 1. The second-order valence-electron chi connectivity index (χ2n) is 16.7. The molecule has 27 nitrogen and oxygen atoms in total. The molecule has 4 heterocycles. The van der Waals surface area contributed by atoms with Gasteiger partial charge in [0.1, 0.15) is 16.8 Å². The fourth-order valence-corrected chi connectivity index (χ4v) is 16.0. The summed E-state index contributed by atoms with van der Waals surface area (Å²) in [7, 11) is -15.6. The minimum absolute atomic E-state index is 0.0804. The molecule has 0 radical (unpaired) electrons. The average Bonchev–Trinajstić information content (AvgIpc) is 3.97. The zero-order valence-electron chi connectivity index (χ0n) is 42.7. The molecule has 1 amide bonds. The molecule has 2 aliphatic rings. The van der Waals surface area contributed by atoms with Crippen LogP contribution < -0.4 is 20.5 Å². The summed E-state index contributed by atoms with van der Waals surface area (Å²) >= 11 is 1.28. The second kappa shape index (κ2) is 27.2. The van der Waals surface area contributed by atoms with Crippen LogP contribution in [0.3, 0.4) is 0 Å². The molecular formula is C42H62N4O23S6. The topological polar surface area (TPSA) is 411 Å². The van der Waals surface area contributed by atoms with Crippen molar-refractivity contribution in [2.75, 3.05) is 13.1 Å². The predicted octanol–water partition coefficient (Wildman–Crippen LogP) is 1.08. The Bertz CT molecular complexity index is 2920. The summed E-state index contributed by atoms with van der Waals surface area (Å²) in [5.41, 5.74) is 0.838. The molecular weight excluding hydrogens is 1120 g/mol. The largest absolute Gasteiger partial charge is 0.479 e. The van der Waals surface area contributed by atoms with Gasteiger partial charge in [0.15, 0.2) is 56.3 Å². The van der Waals surface area contributed by atoms with Crippen LogP contribution in [-0.2, 0) is 106 Å². The van der Waals surface area contributed by atoms with E-state index in [0.717, 1.165) is 46.0 Å². The van der Waals surface area contributed by atoms with Crippen LogP contribution in [0, 0.1) is 0 Å². The van der Waals surface area contributed by atoms with Gasteiger partial charge in [-0.25, -0.2) is 67.5 Å². The summed E-state index contributed by atoms with van der Waals surface area (Å²) in [4.78, 5) is 91.3. The maximum Gasteiger partial charge on any atom is 0.347 e. The number of nitrogens with one attached hydrogen (secondary N) is 3. The van der Waals surface area contributed by atoms with Crippen LogP contribution in [-0.4, -0.2) is 147 Å². The summed E-state index contributed by atoms with van der Waals surface area (Å²) in [5, 5.41) is 18.7. The Morgan fingerprint density at radius 1 is 0.600 bits per heavy atom. The molecule has 6 N–H and O–H groups in total. The van der Waals surface area contributed by atoms with Gasteiger partial charge in [0.25, 0.3) is 15.9 Å². The molecule has 4 rings (SSSR count). The van der Waals surface area contributed by atoms with Gasteiger partial charge in [0.2, 0.25) is 10.0 Å². The second-order valence-corrected chi connectivity index (χ2v) is 27.6. The monoisotopic (exact) mass is 1180 g/mol. The lowest BCUT2D eigenvalue weighted by Gasteiger charge is -2.27. The third-order valence-electron chi connectivity index (χ3n) is 10.5. The molecule has 2 aromatic heterocycles. The van der Waals surface area contributed by atoms with E-state index in [9.17, 15) is 72.0 Å². The third kappa shape index (κ3) is 18.2. The van der Waals surface area contributed by atoms with Crippen molar-refractivity contribution in [2.24, 2.45) is 5.14 Å². The highest BCUT2D eigenvalue weighted by Crippen LogP contribution is 2.44. The van der Waals surface area contributed by atoms with Crippen molar-refractivity contribution in [3.05, 3.63) is 23.3 Å². The summed E-state index contributed by atoms with van der Waals surface area (Å²) in [6.07, 6.45) is -7.49. The van der Waals surface area contributed by atoms with Gasteiger partial charge in [-0.1, -0.05) is 13.8 Å². The number of sulfonamides is 2. The maximum atomic E-state index is 12.9. The Balaban J connectivity index is 0.000000425. The number of nitrogens with two attached hydrogens (primary N) is 1. The van der Waals surface area contributed by atoms with Gasteiger partial charge in [-0.3, -0.25) is 14.4 Å². The molecule has 0 spiro atoms. The highest BCUT2D eigenvalue weighted by Gasteiger charge is 2.41. The Hall–Kier alpha value is -5.16. The van der Waals surface area contributed by atoms with Crippen molar-refractivity contribution in [3.8, 4) is 0 Å². The highest BCUT2D eigenvalue weighted by atomic mass is 32.3. The molecule has 33 heteroatoms. The minimum atomic E-state index is -4.50. The van der Waals surface area contributed by atoms with Crippen LogP contribution in [0.2, 0.25) is 0 Å².